The quantitative estimate of drug-likeness (QED) is 0.357. The molecule has 0 amide bonds. The number of hydrogen-bond donors (Lipinski definition) is 1. The SMILES string of the molecule is CCOCCOc1ccc2c(c1)CCCc1ccc(CCc3ccc4c(c3)OC[C@H]4CC(=O)O)cc1-2. The molecule has 0 fully saturated rings. The first kappa shape index (κ1) is 24.4. The number of carbonyl (C=O) groups is 1. The van der Waals surface area contributed by atoms with Gasteiger partial charge in [-0.2, -0.15) is 0 Å². The zero-order chi connectivity index (χ0) is 24.9. The molecule has 0 aromatic heterocycles. The molecule has 0 bridgehead atoms. The van der Waals surface area contributed by atoms with E-state index in [-0.39, 0.29) is 12.3 Å². The fourth-order valence-corrected chi connectivity index (χ4v) is 5.35. The third kappa shape index (κ3) is 5.57. The third-order valence-electron chi connectivity index (χ3n) is 7.22. The Labute approximate surface area is 213 Å². The van der Waals surface area contributed by atoms with Crippen molar-refractivity contribution >= 4 is 5.97 Å². The maximum Gasteiger partial charge on any atom is 0.304 e. The summed E-state index contributed by atoms with van der Waals surface area (Å²) in [5, 5.41) is 9.13. The average Bonchev–Trinajstić information content (AvgIpc) is 3.17. The smallest absolute Gasteiger partial charge is 0.304 e. The van der Waals surface area contributed by atoms with Gasteiger partial charge < -0.3 is 19.3 Å². The number of fused-ring (bicyclic) bond motifs is 4. The number of benzene rings is 3. The highest BCUT2D eigenvalue weighted by atomic mass is 16.5. The summed E-state index contributed by atoms with van der Waals surface area (Å²) >= 11 is 0. The van der Waals surface area contributed by atoms with Gasteiger partial charge in [-0.05, 0) is 90.6 Å². The van der Waals surface area contributed by atoms with Crippen molar-refractivity contribution in [1.82, 2.24) is 0 Å². The van der Waals surface area contributed by atoms with Gasteiger partial charge in [-0.25, -0.2) is 0 Å². The van der Waals surface area contributed by atoms with Gasteiger partial charge in [0.15, 0.2) is 0 Å². The Balaban J connectivity index is 1.29. The van der Waals surface area contributed by atoms with Crippen LogP contribution >= 0.6 is 0 Å². The Kier molecular flexibility index (Phi) is 7.57. The highest BCUT2D eigenvalue weighted by Gasteiger charge is 2.26. The second kappa shape index (κ2) is 11.2. The Bertz CT molecular complexity index is 1230. The lowest BCUT2D eigenvalue weighted by molar-refractivity contribution is -0.137. The first-order valence-electron chi connectivity index (χ1n) is 13.0. The molecule has 36 heavy (non-hydrogen) atoms. The number of aliphatic carboxylic acids is 1. The topological polar surface area (TPSA) is 65.0 Å². The number of ether oxygens (including phenoxy) is 3. The van der Waals surface area contributed by atoms with E-state index in [9.17, 15) is 4.79 Å². The highest BCUT2D eigenvalue weighted by molar-refractivity contribution is 5.73. The van der Waals surface area contributed by atoms with Crippen molar-refractivity contribution < 1.29 is 24.1 Å². The average molecular weight is 487 g/mol. The van der Waals surface area contributed by atoms with Crippen LogP contribution in [0.25, 0.3) is 11.1 Å². The predicted octanol–water partition coefficient (Wildman–Crippen LogP) is 5.99. The minimum absolute atomic E-state index is 0.0493. The summed E-state index contributed by atoms with van der Waals surface area (Å²) in [6, 6.07) is 19.7. The standard InChI is InChI=1S/C31H34O5/c1-2-34-14-15-35-26-11-13-27-24(18-26)5-3-4-23-10-8-21(16-29(23)27)6-7-22-9-12-28-25(19-31(32)33)20-36-30(28)17-22/h8-13,16-18,25H,2-7,14-15,19-20H2,1H3,(H,32,33)/t25-/m1/s1. The molecule has 3 aromatic carbocycles. The van der Waals surface area contributed by atoms with Crippen molar-refractivity contribution in [2.45, 2.75) is 51.4 Å². The van der Waals surface area contributed by atoms with Crippen molar-refractivity contribution in [2.24, 2.45) is 0 Å². The predicted molar refractivity (Wildman–Crippen MR) is 140 cm³/mol. The molecule has 5 heteroatoms. The zero-order valence-corrected chi connectivity index (χ0v) is 20.9. The van der Waals surface area contributed by atoms with Crippen LogP contribution < -0.4 is 9.47 Å². The van der Waals surface area contributed by atoms with Gasteiger partial charge in [0.25, 0.3) is 0 Å². The molecule has 5 nitrogen and oxygen atoms in total. The van der Waals surface area contributed by atoms with E-state index < -0.39 is 5.97 Å². The first-order chi connectivity index (χ1) is 17.6. The minimum Gasteiger partial charge on any atom is -0.493 e. The summed E-state index contributed by atoms with van der Waals surface area (Å²) in [5.41, 5.74) is 8.98. The van der Waals surface area contributed by atoms with Crippen LogP contribution in [0.1, 0.15) is 53.5 Å². The van der Waals surface area contributed by atoms with E-state index in [1.165, 1.54) is 33.4 Å². The van der Waals surface area contributed by atoms with Crippen LogP contribution in [0.4, 0.5) is 0 Å². The van der Waals surface area contributed by atoms with Crippen molar-refractivity contribution in [3.63, 3.8) is 0 Å². The molecule has 0 saturated heterocycles. The molecule has 3 aromatic rings. The Morgan fingerprint density at radius 3 is 2.58 bits per heavy atom. The van der Waals surface area contributed by atoms with Crippen LogP contribution in [0.3, 0.4) is 0 Å². The molecule has 0 saturated carbocycles. The Morgan fingerprint density at radius 2 is 1.75 bits per heavy atom. The van der Waals surface area contributed by atoms with Crippen molar-refractivity contribution in [1.29, 1.82) is 0 Å². The molecule has 1 aliphatic heterocycles. The molecule has 5 rings (SSSR count). The van der Waals surface area contributed by atoms with Gasteiger partial charge in [-0.15, -0.1) is 0 Å². The molecule has 1 N–H and O–H groups in total. The summed E-state index contributed by atoms with van der Waals surface area (Å²) in [5.74, 6) is 0.925. The normalized spacial score (nSPS) is 15.9. The lowest BCUT2D eigenvalue weighted by Crippen LogP contribution is -2.07. The summed E-state index contributed by atoms with van der Waals surface area (Å²) in [4.78, 5) is 11.1. The highest BCUT2D eigenvalue weighted by Crippen LogP contribution is 2.38. The van der Waals surface area contributed by atoms with Gasteiger partial charge in [0.05, 0.1) is 19.6 Å². The molecular weight excluding hydrogens is 452 g/mol. The molecule has 1 atom stereocenters. The van der Waals surface area contributed by atoms with Crippen LogP contribution in [-0.2, 0) is 35.2 Å². The van der Waals surface area contributed by atoms with Crippen molar-refractivity contribution in [3.8, 4) is 22.6 Å². The number of aryl methyl sites for hydroxylation is 4. The molecule has 1 aliphatic carbocycles. The molecule has 188 valence electrons. The Morgan fingerprint density at radius 1 is 0.944 bits per heavy atom. The molecule has 1 heterocycles. The third-order valence-corrected chi connectivity index (χ3v) is 7.22. The molecule has 0 spiro atoms. The fourth-order valence-electron chi connectivity index (χ4n) is 5.35. The zero-order valence-electron chi connectivity index (χ0n) is 20.9. The number of hydrogen-bond acceptors (Lipinski definition) is 4. The number of carboxylic acid groups (broad SMARTS) is 1. The first-order valence-corrected chi connectivity index (χ1v) is 13.0. The molecule has 0 unspecified atom stereocenters. The maximum absolute atomic E-state index is 11.1. The van der Waals surface area contributed by atoms with E-state index in [4.69, 9.17) is 19.3 Å². The fraction of sp³-hybridized carbons (Fsp3) is 0.387. The summed E-state index contributed by atoms with van der Waals surface area (Å²) < 4.78 is 17.1. The van der Waals surface area contributed by atoms with E-state index in [0.29, 0.717) is 26.4 Å². The lowest BCUT2D eigenvalue weighted by atomic mass is 9.92. The summed E-state index contributed by atoms with van der Waals surface area (Å²) in [6.07, 6.45) is 5.26. The Hall–Kier alpha value is -3.31. The van der Waals surface area contributed by atoms with Crippen LogP contribution in [-0.4, -0.2) is 37.5 Å². The number of carboxylic acids is 1. The van der Waals surface area contributed by atoms with Crippen molar-refractivity contribution in [3.05, 3.63) is 82.4 Å². The second-order valence-electron chi connectivity index (χ2n) is 9.69. The van der Waals surface area contributed by atoms with E-state index in [1.54, 1.807) is 0 Å². The van der Waals surface area contributed by atoms with Gasteiger partial charge in [-0.1, -0.05) is 36.4 Å². The van der Waals surface area contributed by atoms with Gasteiger partial charge in [-0.3, -0.25) is 4.79 Å². The summed E-state index contributed by atoms with van der Waals surface area (Å²) in [7, 11) is 0. The lowest BCUT2D eigenvalue weighted by Gasteiger charge is -2.14. The van der Waals surface area contributed by atoms with Gasteiger partial charge >= 0.3 is 5.97 Å². The van der Waals surface area contributed by atoms with Crippen LogP contribution in [0, 0.1) is 0 Å². The largest absolute Gasteiger partial charge is 0.493 e. The van der Waals surface area contributed by atoms with E-state index in [2.05, 4.69) is 48.5 Å². The van der Waals surface area contributed by atoms with Gasteiger partial charge in [0.2, 0.25) is 0 Å². The summed E-state index contributed by atoms with van der Waals surface area (Å²) in [6.45, 7) is 4.34. The van der Waals surface area contributed by atoms with Crippen LogP contribution in [0.5, 0.6) is 11.5 Å². The molecule has 0 radical (unpaired) electrons. The molecular formula is C31H34O5. The van der Waals surface area contributed by atoms with Gasteiger partial charge in [0, 0.05) is 18.1 Å². The van der Waals surface area contributed by atoms with Crippen molar-refractivity contribution in [2.75, 3.05) is 26.4 Å². The van der Waals surface area contributed by atoms with Crippen LogP contribution in [0.2, 0.25) is 0 Å². The second-order valence-corrected chi connectivity index (χ2v) is 9.69. The van der Waals surface area contributed by atoms with E-state index >= 15 is 0 Å². The van der Waals surface area contributed by atoms with E-state index in [0.717, 1.165) is 49.2 Å². The van der Waals surface area contributed by atoms with E-state index in [1.807, 2.05) is 13.0 Å². The minimum atomic E-state index is -0.782. The molecule has 2 aliphatic rings. The monoisotopic (exact) mass is 486 g/mol. The number of rotatable bonds is 10. The van der Waals surface area contributed by atoms with Gasteiger partial charge in [0.1, 0.15) is 18.1 Å². The maximum atomic E-state index is 11.1. The van der Waals surface area contributed by atoms with Crippen LogP contribution in [0.15, 0.2) is 54.6 Å².